The van der Waals surface area contributed by atoms with Crippen molar-refractivity contribution in [3.05, 3.63) is 92.5 Å². The molecule has 1 amide bonds. The second-order valence-corrected chi connectivity index (χ2v) is 9.62. The Hall–Kier alpha value is -2.97. The van der Waals surface area contributed by atoms with Gasteiger partial charge in [0.15, 0.2) is 17.0 Å². The first kappa shape index (κ1) is 24.2. The topological polar surface area (TPSA) is 59.6 Å². The van der Waals surface area contributed by atoms with Gasteiger partial charge >= 0.3 is 0 Å². The van der Waals surface area contributed by atoms with Gasteiger partial charge < -0.3 is 20.1 Å². The molecule has 1 saturated heterocycles. The summed E-state index contributed by atoms with van der Waals surface area (Å²) < 4.78 is 25.5. The molecule has 0 bridgehead atoms. The molecular weight excluding hydrogens is 519 g/mol. The molecule has 8 heteroatoms. The highest BCUT2D eigenvalue weighted by Crippen LogP contribution is 2.37. The highest BCUT2D eigenvalue weighted by molar-refractivity contribution is 9.10. The molecule has 3 aromatic rings. The van der Waals surface area contributed by atoms with E-state index in [2.05, 4.69) is 45.6 Å². The molecule has 0 saturated carbocycles. The summed E-state index contributed by atoms with van der Waals surface area (Å²) in [6.07, 6.45) is 2.79. The fraction of sp³-hybridized carbons (Fsp3) is 0.192. The van der Waals surface area contributed by atoms with E-state index in [-0.39, 0.29) is 23.8 Å². The molecule has 2 N–H and O–H groups in total. The van der Waals surface area contributed by atoms with E-state index in [1.54, 1.807) is 31.4 Å². The van der Waals surface area contributed by atoms with Crippen LogP contribution in [0.2, 0.25) is 0 Å². The van der Waals surface area contributed by atoms with Gasteiger partial charge in [0.1, 0.15) is 12.4 Å². The quantitative estimate of drug-likeness (QED) is 0.325. The van der Waals surface area contributed by atoms with Crippen LogP contribution in [0.4, 0.5) is 10.1 Å². The number of benzene rings is 3. The highest BCUT2D eigenvalue weighted by atomic mass is 79.9. The van der Waals surface area contributed by atoms with E-state index in [1.165, 1.54) is 29.5 Å². The van der Waals surface area contributed by atoms with Crippen molar-refractivity contribution in [1.82, 2.24) is 5.32 Å². The molecule has 1 heterocycles. The van der Waals surface area contributed by atoms with Crippen LogP contribution in [0.1, 0.15) is 23.6 Å². The molecule has 4 rings (SSSR count). The van der Waals surface area contributed by atoms with Crippen molar-refractivity contribution < 1.29 is 18.7 Å². The Kier molecular flexibility index (Phi) is 7.80. The molecule has 0 aliphatic carbocycles. The predicted molar refractivity (Wildman–Crippen MR) is 138 cm³/mol. The molecule has 1 fully saturated rings. The van der Waals surface area contributed by atoms with Crippen LogP contribution in [0.3, 0.4) is 0 Å². The summed E-state index contributed by atoms with van der Waals surface area (Å²) in [6.45, 7) is 2.31. The molecule has 34 heavy (non-hydrogen) atoms. The van der Waals surface area contributed by atoms with Gasteiger partial charge in [-0.2, -0.15) is 0 Å². The number of rotatable bonds is 8. The zero-order valence-electron chi connectivity index (χ0n) is 18.7. The number of aryl methyl sites for hydroxylation is 1. The number of anilines is 1. The number of hydrogen-bond donors (Lipinski definition) is 2. The Morgan fingerprint density at radius 3 is 2.62 bits per heavy atom. The minimum Gasteiger partial charge on any atom is -0.493 e. The van der Waals surface area contributed by atoms with Gasteiger partial charge in [0.25, 0.3) is 5.91 Å². The minimum absolute atomic E-state index is 0.148. The lowest BCUT2D eigenvalue weighted by Gasteiger charge is -2.13. The van der Waals surface area contributed by atoms with E-state index in [9.17, 15) is 9.18 Å². The van der Waals surface area contributed by atoms with Gasteiger partial charge in [-0.05, 0) is 65.6 Å². The molecule has 1 aliphatic heterocycles. The Labute approximate surface area is 210 Å². The number of halogens is 2. The summed E-state index contributed by atoms with van der Waals surface area (Å²) in [5, 5.41) is 6.27. The van der Waals surface area contributed by atoms with Crippen LogP contribution < -0.4 is 20.1 Å². The van der Waals surface area contributed by atoms with E-state index in [0.717, 1.165) is 22.1 Å². The van der Waals surface area contributed by atoms with Gasteiger partial charge in [0.2, 0.25) is 0 Å². The monoisotopic (exact) mass is 542 g/mol. The lowest BCUT2D eigenvalue weighted by Crippen LogP contribution is -2.30. The maximum atomic E-state index is 13.4. The fourth-order valence-corrected chi connectivity index (χ4v) is 4.83. The molecule has 0 unspecified atom stereocenters. The Morgan fingerprint density at radius 1 is 1.12 bits per heavy atom. The van der Waals surface area contributed by atoms with Crippen LogP contribution in [0.25, 0.3) is 6.08 Å². The zero-order chi connectivity index (χ0) is 24.1. The van der Waals surface area contributed by atoms with Gasteiger partial charge in [-0.25, -0.2) is 4.39 Å². The molecule has 1 aliphatic rings. The number of methoxy groups -OCH3 is 1. The standard InChI is InChI=1S/C26H24BrFN2O3S/c1-3-16-7-9-20(10-8-16)29-26-30-25(31)24(34-26)13-18-12-22(32-2)23(14-21(18)27)33-15-17-5-4-6-19(28)11-17/h4-14,26,29H,3,15H2,1-2H3,(H,30,31)/b24-13-/t26-/m0/s1. The van der Waals surface area contributed by atoms with Crippen LogP contribution in [-0.2, 0) is 17.8 Å². The van der Waals surface area contributed by atoms with Crippen molar-refractivity contribution in [2.45, 2.75) is 25.4 Å². The predicted octanol–water partition coefficient (Wildman–Crippen LogP) is 6.34. The second kappa shape index (κ2) is 11.0. The fourth-order valence-electron chi connectivity index (χ4n) is 3.42. The molecular formula is C26H24BrFN2O3S. The van der Waals surface area contributed by atoms with Crippen molar-refractivity contribution in [2.24, 2.45) is 0 Å². The van der Waals surface area contributed by atoms with Gasteiger partial charge in [0, 0.05) is 10.2 Å². The average molecular weight is 543 g/mol. The van der Waals surface area contributed by atoms with Gasteiger partial charge in [-0.3, -0.25) is 4.79 Å². The Bertz CT molecular complexity index is 1220. The smallest absolute Gasteiger partial charge is 0.260 e. The van der Waals surface area contributed by atoms with Gasteiger partial charge in [0.05, 0.1) is 12.0 Å². The zero-order valence-corrected chi connectivity index (χ0v) is 21.1. The number of carbonyl (C=O) groups is 1. The third kappa shape index (κ3) is 5.93. The average Bonchev–Trinajstić information content (AvgIpc) is 3.18. The lowest BCUT2D eigenvalue weighted by molar-refractivity contribution is -0.116. The Morgan fingerprint density at radius 2 is 1.91 bits per heavy atom. The summed E-state index contributed by atoms with van der Waals surface area (Å²) in [7, 11) is 1.55. The molecule has 0 spiro atoms. The molecule has 0 radical (unpaired) electrons. The van der Waals surface area contributed by atoms with Crippen LogP contribution in [0.15, 0.2) is 70.0 Å². The maximum absolute atomic E-state index is 13.4. The number of hydrogen-bond acceptors (Lipinski definition) is 5. The highest BCUT2D eigenvalue weighted by Gasteiger charge is 2.27. The largest absolute Gasteiger partial charge is 0.493 e. The normalized spacial score (nSPS) is 16.4. The third-order valence-electron chi connectivity index (χ3n) is 5.24. The van der Waals surface area contributed by atoms with E-state index in [0.29, 0.717) is 22.0 Å². The number of nitrogens with one attached hydrogen (secondary N) is 2. The summed E-state index contributed by atoms with van der Waals surface area (Å²) in [5.41, 5.74) is 3.43. The number of amides is 1. The number of ether oxygens (including phenoxy) is 2. The molecule has 0 aromatic heterocycles. The molecule has 3 aromatic carbocycles. The molecule has 1 atom stereocenters. The van der Waals surface area contributed by atoms with Crippen LogP contribution >= 0.6 is 27.7 Å². The van der Waals surface area contributed by atoms with Crippen molar-refractivity contribution in [3.63, 3.8) is 0 Å². The Balaban J connectivity index is 1.47. The van der Waals surface area contributed by atoms with Gasteiger partial charge in [-0.15, -0.1) is 0 Å². The van der Waals surface area contributed by atoms with Crippen LogP contribution in [-0.4, -0.2) is 18.5 Å². The van der Waals surface area contributed by atoms with E-state index < -0.39 is 0 Å². The van der Waals surface area contributed by atoms with E-state index >= 15 is 0 Å². The number of thioether (sulfide) groups is 1. The summed E-state index contributed by atoms with van der Waals surface area (Å²) in [6, 6.07) is 18.0. The van der Waals surface area contributed by atoms with Crippen molar-refractivity contribution in [1.29, 1.82) is 0 Å². The number of carbonyl (C=O) groups excluding carboxylic acids is 1. The first-order valence-electron chi connectivity index (χ1n) is 10.7. The first-order chi connectivity index (χ1) is 16.4. The van der Waals surface area contributed by atoms with Crippen LogP contribution in [0, 0.1) is 5.82 Å². The first-order valence-corrected chi connectivity index (χ1v) is 12.4. The van der Waals surface area contributed by atoms with E-state index in [1.807, 2.05) is 18.2 Å². The maximum Gasteiger partial charge on any atom is 0.260 e. The van der Waals surface area contributed by atoms with Crippen molar-refractivity contribution >= 4 is 45.4 Å². The summed E-state index contributed by atoms with van der Waals surface area (Å²) >= 11 is 4.98. The third-order valence-corrected chi connectivity index (χ3v) is 6.96. The summed E-state index contributed by atoms with van der Waals surface area (Å²) in [4.78, 5) is 13.1. The SMILES string of the molecule is CCc1ccc(N[C@H]2NC(=O)/C(=C/c3cc(OC)c(OCc4cccc(F)c4)cc3Br)S2)cc1. The minimum atomic E-state index is -0.311. The van der Waals surface area contributed by atoms with Gasteiger partial charge in [-0.1, -0.05) is 58.9 Å². The van der Waals surface area contributed by atoms with Crippen molar-refractivity contribution in [3.8, 4) is 11.5 Å². The summed E-state index contributed by atoms with van der Waals surface area (Å²) in [5.74, 6) is 0.569. The molecule has 5 nitrogen and oxygen atoms in total. The van der Waals surface area contributed by atoms with E-state index in [4.69, 9.17) is 9.47 Å². The van der Waals surface area contributed by atoms with Crippen LogP contribution in [0.5, 0.6) is 11.5 Å². The second-order valence-electron chi connectivity index (χ2n) is 7.62. The molecule has 176 valence electrons. The lowest BCUT2D eigenvalue weighted by atomic mass is 10.1. The van der Waals surface area contributed by atoms with Crippen molar-refractivity contribution in [2.75, 3.05) is 12.4 Å².